The molecule has 0 aliphatic carbocycles. The summed E-state index contributed by atoms with van der Waals surface area (Å²) in [7, 11) is -4.12. The van der Waals surface area contributed by atoms with Gasteiger partial charge in [-0.3, -0.25) is 19.7 Å². The van der Waals surface area contributed by atoms with E-state index in [4.69, 9.17) is 0 Å². The molecule has 10 nitrogen and oxygen atoms in total. The van der Waals surface area contributed by atoms with E-state index < -0.39 is 27.4 Å². The molecule has 0 aliphatic rings. The summed E-state index contributed by atoms with van der Waals surface area (Å²) in [4.78, 5) is 33.5. The Labute approximate surface area is 174 Å². The third-order valence-electron chi connectivity index (χ3n) is 4.16. The van der Waals surface area contributed by atoms with Crippen LogP contribution in [0.15, 0.2) is 47.4 Å². The number of non-ortho nitro benzene ring substituents is 1. The minimum absolute atomic E-state index is 0.000640. The molecule has 0 bridgehead atoms. The molecule has 0 aromatic heterocycles. The summed E-state index contributed by atoms with van der Waals surface area (Å²) in [5, 5.41) is 16.2. The van der Waals surface area contributed by atoms with Gasteiger partial charge in [0.15, 0.2) is 0 Å². The minimum Gasteiger partial charge on any atom is -0.326 e. The highest BCUT2D eigenvalue weighted by atomic mass is 32.2. The highest BCUT2D eigenvalue weighted by molar-refractivity contribution is 7.89. The van der Waals surface area contributed by atoms with E-state index >= 15 is 0 Å². The lowest BCUT2D eigenvalue weighted by Crippen LogP contribution is -2.38. The summed E-state index contributed by atoms with van der Waals surface area (Å²) in [6, 6.07) is 9.90. The number of amides is 2. The molecular formula is C19H22N4O6S. The summed E-state index contributed by atoms with van der Waals surface area (Å²) in [6.07, 6.45) is 0. The fraction of sp³-hybridized carbons (Fsp3) is 0.263. The molecule has 0 heterocycles. The van der Waals surface area contributed by atoms with Crippen molar-refractivity contribution in [2.45, 2.75) is 25.7 Å². The molecule has 0 unspecified atom stereocenters. The molecule has 0 aliphatic heterocycles. The normalized spacial score (nSPS) is 11.2. The number of rotatable bonds is 8. The van der Waals surface area contributed by atoms with Gasteiger partial charge < -0.3 is 10.6 Å². The molecule has 0 atom stereocenters. The number of aryl methyl sites for hydroxylation is 1. The number of benzene rings is 2. The van der Waals surface area contributed by atoms with Crippen LogP contribution in [0.2, 0.25) is 0 Å². The molecule has 2 amide bonds. The Morgan fingerprint density at radius 2 is 1.63 bits per heavy atom. The first kappa shape index (κ1) is 23.0. The van der Waals surface area contributed by atoms with Crippen molar-refractivity contribution in [3.8, 4) is 0 Å². The predicted octanol–water partition coefficient (Wildman–Crippen LogP) is 2.51. The molecule has 160 valence electrons. The third kappa shape index (κ3) is 5.61. The number of carbonyl (C=O) groups excluding carboxylic acids is 2. The zero-order valence-electron chi connectivity index (χ0n) is 16.7. The number of nitro groups is 1. The Balaban J connectivity index is 2.17. The van der Waals surface area contributed by atoms with Gasteiger partial charge in [-0.2, -0.15) is 4.31 Å². The number of carbonyl (C=O) groups is 2. The number of nitrogens with zero attached hydrogens (tertiary/aromatic N) is 2. The predicted molar refractivity (Wildman–Crippen MR) is 112 cm³/mol. The van der Waals surface area contributed by atoms with Gasteiger partial charge in [0, 0.05) is 37.0 Å². The molecule has 2 aromatic carbocycles. The third-order valence-corrected chi connectivity index (χ3v) is 6.22. The van der Waals surface area contributed by atoms with E-state index in [1.54, 1.807) is 31.2 Å². The van der Waals surface area contributed by atoms with Crippen LogP contribution < -0.4 is 10.6 Å². The van der Waals surface area contributed by atoms with Crippen LogP contribution in [0.1, 0.15) is 19.4 Å². The molecule has 30 heavy (non-hydrogen) atoms. The van der Waals surface area contributed by atoms with E-state index in [1.165, 1.54) is 26.0 Å². The van der Waals surface area contributed by atoms with Gasteiger partial charge in [-0.25, -0.2) is 8.42 Å². The largest absolute Gasteiger partial charge is 0.326 e. The smallest absolute Gasteiger partial charge is 0.270 e. The van der Waals surface area contributed by atoms with Gasteiger partial charge in [-0.15, -0.1) is 0 Å². The van der Waals surface area contributed by atoms with Gasteiger partial charge in [0.25, 0.3) is 5.69 Å². The van der Waals surface area contributed by atoms with Crippen molar-refractivity contribution in [2.75, 3.05) is 23.7 Å². The molecule has 0 spiro atoms. The highest BCUT2D eigenvalue weighted by Gasteiger charge is 2.28. The molecule has 11 heteroatoms. The van der Waals surface area contributed by atoms with Crippen molar-refractivity contribution < 1.29 is 22.9 Å². The number of sulfonamides is 1. The zero-order valence-corrected chi connectivity index (χ0v) is 17.5. The van der Waals surface area contributed by atoms with Crippen LogP contribution in [-0.2, 0) is 19.6 Å². The summed E-state index contributed by atoms with van der Waals surface area (Å²) in [5.41, 5.74) is 0.973. The second-order valence-corrected chi connectivity index (χ2v) is 8.35. The standard InChI is InChI=1S/C19H22N4O6S/c1-4-22(30(28,29)18-11-17(23(26)27)10-5-13(18)2)12-19(25)21-16-8-6-15(7-9-16)20-14(3)24/h5-11H,4,12H2,1-3H3,(H,20,24)(H,21,25). The molecule has 2 rings (SSSR count). The van der Waals surface area contributed by atoms with E-state index in [0.29, 0.717) is 16.9 Å². The molecule has 2 N–H and O–H groups in total. The summed E-state index contributed by atoms with van der Waals surface area (Å²) >= 11 is 0. The SMILES string of the molecule is CCN(CC(=O)Nc1ccc(NC(C)=O)cc1)S(=O)(=O)c1cc([N+](=O)[O-])ccc1C. The molecule has 2 aromatic rings. The maximum absolute atomic E-state index is 13.0. The first-order valence-corrected chi connectivity index (χ1v) is 10.4. The summed E-state index contributed by atoms with van der Waals surface area (Å²) in [6.45, 7) is 4.01. The van der Waals surface area contributed by atoms with Crippen molar-refractivity contribution in [3.05, 3.63) is 58.1 Å². The zero-order chi connectivity index (χ0) is 22.5. The second-order valence-electron chi connectivity index (χ2n) is 6.44. The van der Waals surface area contributed by atoms with Crippen molar-refractivity contribution >= 4 is 38.9 Å². The van der Waals surface area contributed by atoms with Gasteiger partial charge in [0.2, 0.25) is 21.8 Å². The summed E-state index contributed by atoms with van der Waals surface area (Å²) < 4.78 is 26.9. The van der Waals surface area contributed by atoms with Gasteiger partial charge in [0.05, 0.1) is 16.4 Å². The number of hydrogen-bond donors (Lipinski definition) is 2. The van der Waals surface area contributed by atoms with E-state index in [1.807, 2.05) is 0 Å². The monoisotopic (exact) mass is 434 g/mol. The Hall–Kier alpha value is -3.31. The Morgan fingerprint density at radius 1 is 1.07 bits per heavy atom. The van der Waals surface area contributed by atoms with Crippen LogP contribution >= 0.6 is 0 Å². The number of nitro benzene ring substituents is 1. The molecular weight excluding hydrogens is 412 g/mol. The minimum atomic E-state index is -4.12. The number of anilines is 2. The lowest BCUT2D eigenvalue weighted by Gasteiger charge is -2.21. The van der Waals surface area contributed by atoms with E-state index in [-0.39, 0.29) is 23.0 Å². The lowest BCUT2D eigenvalue weighted by atomic mass is 10.2. The Bertz CT molecular complexity index is 1070. The van der Waals surface area contributed by atoms with Gasteiger partial charge in [-0.05, 0) is 36.8 Å². The lowest BCUT2D eigenvalue weighted by molar-refractivity contribution is -0.385. The number of nitrogens with one attached hydrogen (secondary N) is 2. The van der Waals surface area contributed by atoms with Crippen molar-refractivity contribution in [1.82, 2.24) is 4.31 Å². The maximum atomic E-state index is 13.0. The van der Waals surface area contributed by atoms with Crippen LogP contribution in [0.4, 0.5) is 17.1 Å². The molecule has 0 fully saturated rings. The Kier molecular flexibility index (Phi) is 7.24. The topological polar surface area (TPSA) is 139 Å². The van der Waals surface area contributed by atoms with E-state index in [2.05, 4.69) is 10.6 Å². The summed E-state index contributed by atoms with van der Waals surface area (Å²) in [5.74, 6) is -0.803. The average Bonchev–Trinajstić information content (AvgIpc) is 2.67. The van der Waals surface area contributed by atoms with Crippen LogP contribution in [-0.4, -0.2) is 42.6 Å². The van der Waals surface area contributed by atoms with Crippen molar-refractivity contribution in [3.63, 3.8) is 0 Å². The van der Waals surface area contributed by atoms with Crippen LogP contribution in [0.25, 0.3) is 0 Å². The van der Waals surface area contributed by atoms with Crippen molar-refractivity contribution in [1.29, 1.82) is 0 Å². The molecule has 0 radical (unpaired) electrons. The molecule has 0 saturated carbocycles. The van der Waals surface area contributed by atoms with E-state index in [0.717, 1.165) is 10.4 Å². The van der Waals surface area contributed by atoms with Gasteiger partial charge >= 0.3 is 0 Å². The van der Waals surface area contributed by atoms with E-state index in [9.17, 15) is 28.1 Å². The first-order valence-electron chi connectivity index (χ1n) is 8.97. The first-order chi connectivity index (χ1) is 14.0. The number of hydrogen-bond acceptors (Lipinski definition) is 6. The van der Waals surface area contributed by atoms with Crippen LogP contribution in [0.5, 0.6) is 0 Å². The highest BCUT2D eigenvalue weighted by Crippen LogP contribution is 2.25. The Morgan fingerprint density at radius 3 is 2.13 bits per heavy atom. The maximum Gasteiger partial charge on any atom is 0.270 e. The second kappa shape index (κ2) is 9.46. The van der Waals surface area contributed by atoms with Gasteiger partial charge in [0.1, 0.15) is 0 Å². The fourth-order valence-corrected chi connectivity index (χ4v) is 4.34. The molecule has 0 saturated heterocycles. The number of likely N-dealkylation sites (N-methyl/N-ethyl adjacent to an activating group) is 1. The average molecular weight is 434 g/mol. The van der Waals surface area contributed by atoms with Gasteiger partial charge in [-0.1, -0.05) is 13.0 Å². The fourth-order valence-electron chi connectivity index (χ4n) is 2.69. The van der Waals surface area contributed by atoms with Crippen molar-refractivity contribution in [2.24, 2.45) is 0 Å². The quantitative estimate of drug-likeness (QED) is 0.483. The van der Waals surface area contributed by atoms with Crippen LogP contribution in [0.3, 0.4) is 0 Å². The van der Waals surface area contributed by atoms with Crippen LogP contribution in [0, 0.1) is 17.0 Å².